The third kappa shape index (κ3) is 6.46. The average Bonchev–Trinajstić information content (AvgIpc) is 2.60. The topological polar surface area (TPSA) is 58.2 Å². The van der Waals surface area contributed by atoms with Crippen molar-refractivity contribution in [2.45, 2.75) is 11.8 Å². The molecule has 0 unspecified atom stereocenters. The summed E-state index contributed by atoms with van der Waals surface area (Å²) in [5, 5.41) is 0.775. The summed E-state index contributed by atoms with van der Waals surface area (Å²) >= 11 is 13.3. The molecule has 0 aromatic heterocycles. The minimum Gasteiger partial charge on any atom is -0.272 e. The maximum absolute atomic E-state index is 11.8. The van der Waals surface area contributed by atoms with Crippen LogP contribution in [0.15, 0.2) is 53.4 Å². The molecule has 0 saturated carbocycles. The van der Waals surface area contributed by atoms with Crippen LogP contribution in [0.5, 0.6) is 0 Å². The van der Waals surface area contributed by atoms with Crippen molar-refractivity contribution in [1.29, 1.82) is 0 Å². The molecule has 25 heavy (non-hydrogen) atoms. The van der Waals surface area contributed by atoms with Gasteiger partial charge in [0.2, 0.25) is 5.91 Å². The molecule has 0 radical (unpaired) electrons. The predicted molar refractivity (Wildman–Crippen MR) is 104 cm³/mol. The summed E-state index contributed by atoms with van der Waals surface area (Å²) in [6.45, 7) is 2.00. The van der Waals surface area contributed by atoms with Gasteiger partial charge in [0.25, 0.3) is 5.91 Å². The van der Waals surface area contributed by atoms with E-state index in [0.717, 1.165) is 10.5 Å². The van der Waals surface area contributed by atoms with Crippen LogP contribution in [-0.2, 0) is 9.59 Å². The summed E-state index contributed by atoms with van der Waals surface area (Å²) in [6, 6.07) is 13.0. The highest BCUT2D eigenvalue weighted by Gasteiger charge is 2.05. The standard InChI is InChI=1S/C18H16Cl2N2O2S/c1-12-5-8-14(9-6-12)25-11-17(24)22-21-16(23)10-7-13-3-2-4-15(19)18(13)20/h2-10H,11H2,1H3,(H,21,23)(H,22,24)/b10-7+. The molecule has 2 aromatic carbocycles. The van der Waals surface area contributed by atoms with E-state index < -0.39 is 5.91 Å². The molecule has 0 bridgehead atoms. The molecule has 0 aliphatic carbocycles. The minimum absolute atomic E-state index is 0.202. The van der Waals surface area contributed by atoms with E-state index in [1.54, 1.807) is 18.2 Å². The van der Waals surface area contributed by atoms with Gasteiger partial charge in [-0.3, -0.25) is 20.4 Å². The average molecular weight is 395 g/mol. The lowest BCUT2D eigenvalue weighted by Gasteiger charge is -2.05. The van der Waals surface area contributed by atoms with E-state index in [4.69, 9.17) is 23.2 Å². The number of aryl methyl sites for hydroxylation is 1. The molecule has 2 amide bonds. The third-order valence-electron chi connectivity index (χ3n) is 3.11. The predicted octanol–water partition coefficient (Wildman–Crippen LogP) is 4.25. The highest BCUT2D eigenvalue weighted by molar-refractivity contribution is 8.00. The Morgan fingerprint density at radius 1 is 1.08 bits per heavy atom. The van der Waals surface area contributed by atoms with Crippen LogP contribution >= 0.6 is 35.0 Å². The van der Waals surface area contributed by atoms with Crippen LogP contribution in [0.1, 0.15) is 11.1 Å². The molecule has 0 atom stereocenters. The van der Waals surface area contributed by atoms with Crippen molar-refractivity contribution >= 4 is 52.9 Å². The lowest BCUT2D eigenvalue weighted by atomic mass is 10.2. The summed E-state index contributed by atoms with van der Waals surface area (Å²) in [6.07, 6.45) is 2.79. The maximum Gasteiger partial charge on any atom is 0.262 e. The van der Waals surface area contributed by atoms with Gasteiger partial charge >= 0.3 is 0 Å². The fourth-order valence-electron chi connectivity index (χ4n) is 1.81. The number of amides is 2. The summed E-state index contributed by atoms with van der Waals surface area (Å²) in [5.74, 6) is -0.564. The first-order valence-electron chi connectivity index (χ1n) is 7.36. The maximum atomic E-state index is 11.8. The second-order valence-corrected chi connectivity index (χ2v) is 6.95. The molecule has 2 aromatic rings. The fourth-order valence-corrected chi connectivity index (χ4v) is 2.88. The second kappa shape index (κ2) is 9.51. The molecular formula is C18H16Cl2N2O2S. The summed E-state index contributed by atoms with van der Waals surface area (Å²) in [5.41, 5.74) is 6.45. The number of carbonyl (C=O) groups excluding carboxylic acids is 2. The van der Waals surface area contributed by atoms with Gasteiger partial charge in [0, 0.05) is 11.0 Å². The van der Waals surface area contributed by atoms with E-state index in [2.05, 4.69) is 10.9 Å². The van der Waals surface area contributed by atoms with Crippen LogP contribution in [0.3, 0.4) is 0 Å². The zero-order valence-electron chi connectivity index (χ0n) is 13.4. The van der Waals surface area contributed by atoms with E-state index in [0.29, 0.717) is 15.6 Å². The molecular weight excluding hydrogens is 379 g/mol. The van der Waals surface area contributed by atoms with Gasteiger partial charge in [-0.15, -0.1) is 11.8 Å². The SMILES string of the molecule is Cc1ccc(SCC(=O)NNC(=O)/C=C/c2cccc(Cl)c2Cl)cc1. The zero-order chi connectivity index (χ0) is 18.2. The van der Waals surface area contributed by atoms with Gasteiger partial charge in [-0.2, -0.15) is 0 Å². The number of rotatable bonds is 5. The van der Waals surface area contributed by atoms with Gasteiger partial charge in [-0.05, 0) is 36.8 Å². The lowest BCUT2D eigenvalue weighted by Crippen LogP contribution is -2.41. The molecule has 0 aliphatic heterocycles. The summed E-state index contributed by atoms with van der Waals surface area (Å²) in [4.78, 5) is 24.5. The number of nitrogens with one attached hydrogen (secondary N) is 2. The van der Waals surface area contributed by atoms with Crippen LogP contribution in [0.25, 0.3) is 6.08 Å². The van der Waals surface area contributed by atoms with Crippen molar-refractivity contribution in [2.75, 3.05) is 5.75 Å². The van der Waals surface area contributed by atoms with Crippen LogP contribution in [-0.4, -0.2) is 17.6 Å². The normalized spacial score (nSPS) is 10.7. The van der Waals surface area contributed by atoms with Crippen LogP contribution in [0.4, 0.5) is 0 Å². The van der Waals surface area contributed by atoms with E-state index in [1.807, 2.05) is 31.2 Å². The van der Waals surface area contributed by atoms with E-state index in [-0.39, 0.29) is 11.7 Å². The zero-order valence-corrected chi connectivity index (χ0v) is 15.7. The van der Waals surface area contributed by atoms with Gasteiger partial charge in [0.15, 0.2) is 0 Å². The Labute approximate surface area is 160 Å². The first-order valence-corrected chi connectivity index (χ1v) is 9.10. The molecule has 2 N–H and O–H groups in total. The van der Waals surface area contributed by atoms with Crippen molar-refractivity contribution in [3.05, 3.63) is 69.7 Å². The summed E-state index contributed by atoms with van der Waals surface area (Å²) < 4.78 is 0. The van der Waals surface area contributed by atoms with Gasteiger partial charge in [-0.25, -0.2) is 0 Å². The Morgan fingerprint density at radius 2 is 1.80 bits per heavy atom. The number of hydrazine groups is 1. The smallest absolute Gasteiger partial charge is 0.262 e. The monoisotopic (exact) mass is 394 g/mol. The van der Waals surface area contributed by atoms with Crippen molar-refractivity contribution in [2.24, 2.45) is 0 Å². The van der Waals surface area contributed by atoms with E-state index >= 15 is 0 Å². The largest absolute Gasteiger partial charge is 0.272 e. The first-order chi connectivity index (χ1) is 12.0. The molecule has 0 aliphatic rings. The quantitative estimate of drug-likeness (QED) is 0.452. The minimum atomic E-state index is -0.468. The van der Waals surface area contributed by atoms with Gasteiger partial charge < -0.3 is 0 Å². The van der Waals surface area contributed by atoms with Gasteiger partial charge in [0.1, 0.15) is 0 Å². The molecule has 130 valence electrons. The molecule has 2 rings (SSSR count). The number of benzene rings is 2. The molecule has 4 nitrogen and oxygen atoms in total. The Hall–Kier alpha value is -1.95. The first kappa shape index (κ1) is 19.4. The Bertz CT molecular complexity index is 792. The summed E-state index contributed by atoms with van der Waals surface area (Å²) in [7, 11) is 0. The van der Waals surface area contributed by atoms with Gasteiger partial charge in [0.05, 0.1) is 15.8 Å². The highest BCUT2D eigenvalue weighted by atomic mass is 35.5. The third-order valence-corrected chi connectivity index (χ3v) is 4.96. The molecule has 0 fully saturated rings. The second-order valence-electron chi connectivity index (χ2n) is 5.12. The molecule has 0 spiro atoms. The Morgan fingerprint density at radius 3 is 2.52 bits per heavy atom. The van der Waals surface area contributed by atoms with Crippen molar-refractivity contribution in [3.8, 4) is 0 Å². The van der Waals surface area contributed by atoms with Crippen molar-refractivity contribution < 1.29 is 9.59 Å². The number of halogens is 2. The lowest BCUT2D eigenvalue weighted by molar-refractivity contribution is -0.125. The number of thioether (sulfide) groups is 1. The molecule has 0 saturated heterocycles. The Kier molecular flexibility index (Phi) is 7.37. The van der Waals surface area contributed by atoms with E-state index in [1.165, 1.54) is 23.9 Å². The number of carbonyl (C=O) groups is 2. The van der Waals surface area contributed by atoms with E-state index in [9.17, 15) is 9.59 Å². The van der Waals surface area contributed by atoms with Gasteiger partial charge in [-0.1, -0.05) is 53.0 Å². The van der Waals surface area contributed by atoms with Crippen LogP contribution in [0.2, 0.25) is 10.0 Å². The number of hydrogen-bond acceptors (Lipinski definition) is 3. The van der Waals surface area contributed by atoms with Crippen LogP contribution < -0.4 is 10.9 Å². The molecule has 0 heterocycles. The number of hydrogen-bond donors (Lipinski definition) is 2. The van der Waals surface area contributed by atoms with Crippen molar-refractivity contribution in [1.82, 2.24) is 10.9 Å². The Balaban J connectivity index is 1.77. The van der Waals surface area contributed by atoms with Crippen LogP contribution in [0, 0.1) is 6.92 Å². The highest BCUT2D eigenvalue weighted by Crippen LogP contribution is 2.26. The fraction of sp³-hybridized carbons (Fsp3) is 0.111. The molecule has 7 heteroatoms. The van der Waals surface area contributed by atoms with Crippen molar-refractivity contribution in [3.63, 3.8) is 0 Å².